The van der Waals surface area contributed by atoms with E-state index in [4.69, 9.17) is 16.9 Å². The molecule has 0 spiro atoms. The molecule has 0 radical (unpaired) electrons. The molecule has 1 rings (SSSR count). The molecule has 0 aromatic heterocycles. The molecule has 1 aromatic carbocycles. The molecule has 0 atom stereocenters. The second kappa shape index (κ2) is 6.90. The molecule has 0 unspecified atom stereocenters. The number of nitriles is 1. The van der Waals surface area contributed by atoms with E-state index >= 15 is 0 Å². The van der Waals surface area contributed by atoms with Gasteiger partial charge in [0.2, 0.25) is 10.0 Å². The highest BCUT2D eigenvalue weighted by Gasteiger charge is 2.19. The van der Waals surface area contributed by atoms with Crippen LogP contribution in [-0.4, -0.2) is 15.0 Å². The molecular formula is C13H17ClN2O2S. The fraction of sp³-hybridized carbons (Fsp3) is 0.462. The summed E-state index contributed by atoms with van der Waals surface area (Å²) in [6.07, 6.45) is 1.82. The number of benzene rings is 1. The highest BCUT2D eigenvalue weighted by molar-refractivity contribution is 7.89. The number of hydrogen-bond donors (Lipinski definition) is 1. The second-order valence-electron chi connectivity index (χ2n) is 4.29. The fourth-order valence-electron chi connectivity index (χ4n) is 1.66. The summed E-state index contributed by atoms with van der Waals surface area (Å²) in [5.74, 6) is 0.299. The number of nitrogens with zero attached hydrogens (tertiary/aromatic N) is 1. The molecule has 19 heavy (non-hydrogen) atoms. The Kier molecular flexibility index (Phi) is 5.80. The largest absolute Gasteiger partial charge is 0.242 e. The topological polar surface area (TPSA) is 70.0 Å². The first-order chi connectivity index (χ1) is 8.94. The van der Waals surface area contributed by atoms with Crippen LogP contribution in [0.15, 0.2) is 23.1 Å². The van der Waals surface area contributed by atoms with Gasteiger partial charge in [-0.05, 0) is 24.1 Å². The van der Waals surface area contributed by atoms with E-state index in [9.17, 15) is 8.42 Å². The van der Waals surface area contributed by atoms with Gasteiger partial charge >= 0.3 is 0 Å². The van der Waals surface area contributed by atoms with Crippen molar-refractivity contribution in [2.75, 3.05) is 6.54 Å². The van der Waals surface area contributed by atoms with Crippen molar-refractivity contribution in [3.63, 3.8) is 0 Å². The summed E-state index contributed by atoms with van der Waals surface area (Å²) in [5.41, 5.74) is 0.271. The molecule has 0 aliphatic rings. The lowest BCUT2D eigenvalue weighted by Crippen LogP contribution is -2.29. The molecule has 0 aliphatic carbocycles. The van der Waals surface area contributed by atoms with Gasteiger partial charge in [-0.25, -0.2) is 13.1 Å². The molecule has 0 aliphatic heterocycles. The lowest BCUT2D eigenvalue weighted by atomic mass is 10.0. The molecule has 104 valence electrons. The van der Waals surface area contributed by atoms with E-state index in [1.807, 2.05) is 19.9 Å². The summed E-state index contributed by atoms with van der Waals surface area (Å²) in [6, 6.07) is 6.10. The molecule has 0 saturated carbocycles. The Hall–Kier alpha value is -1.09. The number of sulfonamides is 1. The van der Waals surface area contributed by atoms with Gasteiger partial charge in [-0.15, -0.1) is 0 Å². The first kappa shape index (κ1) is 16.0. The summed E-state index contributed by atoms with van der Waals surface area (Å²) < 4.78 is 26.9. The molecule has 0 amide bonds. The predicted octanol–water partition coefficient (Wildman–Crippen LogP) is 2.93. The summed E-state index contributed by atoms with van der Waals surface area (Å²) in [6.45, 7) is 4.42. The Balaban J connectivity index is 2.98. The second-order valence-corrected chi connectivity index (χ2v) is 6.43. The van der Waals surface area contributed by atoms with Gasteiger partial charge in [-0.3, -0.25) is 0 Å². The van der Waals surface area contributed by atoms with Crippen molar-refractivity contribution in [1.82, 2.24) is 4.72 Å². The van der Waals surface area contributed by atoms with Gasteiger partial charge in [0.25, 0.3) is 0 Å². The molecule has 1 aromatic rings. The Morgan fingerprint density at radius 2 is 2.00 bits per heavy atom. The first-order valence-corrected chi connectivity index (χ1v) is 8.00. The fourth-order valence-corrected chi connectivity index (χ4v) is 3.30. The maximum atomic E-state index is 12.2. The Bertz CT molecular complexity index is 575. The van der Waals surface area contributed by atoms with Crippen molar-refractivity contribution < 1.29 is 8.42 Å². The Morgan fingerprint density at radius 3 is 2.53 bits per heavy atom. The monoisotopic (exact) mass is 300 g/mol. The van der Waals surface area contributed by atoms with Gasteiger partial charge in [0.05, 0.1) is 16.7 Å². The third-order valence-corrected chi connectivity index (χ3v) is 4.97. The van der Waals surface area contributed by atoms with Crippen molar-refractivity contribution in [2.24, 2.45) is 5.92 Å². The molecule has 0 fully saturated rings. The summed E-state index contributed by atoms with van der Waals surface area (Å²) in [5, 5.41) is 8.93. The van der Waals surface area contributed by atoms with E-state index in [0.717, 1.165) is 12.8 Å². The Labute approximate surface area is 119 Å². The van der Waals surface area contributed by atoms with E-state index in [2.05, 4.69) is 4.72 Å². The van der Waals surface area contributed by atoms with Gasteiger partial charge in [0.15, 0.2) is 0 Å². The van der Waals surface area contributed by atoms with E-state index in [-0.39, 0.29) is 15.5 Å². The maximum absolute atomic E-state index is 12.2. The average molecular weight is 301 g/mol. The van der Waals surface area contributed by atoms with Crippen LogP contribution in [0.2, 0.25) is 5.02 Å². The van der Waals surface area contributed by atoms with Crippen LogP contribution in [0, 0.1) is 17.2 Å². The zero-order chi connectivity index (χ0) is 14.5. The smallest absolute Gasteiger partial charge is 0.211 e. The van der Waals surface area contributed by atoms with E-state index in [1.165, 1.54) is 18.2 Å². The average Bonchev–Trinajstić information content (AvgIpc) is 2.40. The lowest BCUT2D eigenvalue weighted by Gasteiger charge is -2.14. The third kappa shape index (κ3) is 4.20. The van der Waals surface area contributed by atoms with Gasteiger partial charge in [-0.1, -0.05) is 38.3 Å². The van der Waals surface area contributed by atoms with E-state index < -0.39 is 10.0 Å². The third-order valence-electron chi connectivity index (χ3n) is 3.07. The zero-order valence-electron chi connectivity index (χ0n) is 11.0. The number of hydrogen-bond acceptors (Lipinski definition) is 3. The number of halogens is 1. The van der Waals surface area contributed by atoms with Crippen LogP contribution in [-0.2, 0) is 10.0 Å². The van der Waals surface area contributed by atoms with Crippen LogP contribution in [0.5, 0.6) is 0 Å². The Morgan fingerprint density at radius 1 is 1.37 bits per heavy atom. The van der Waals surface area contributed by atoms with E-state index in [1.54, 1.807) is 0 Å². The molecule has 6 heteroatoms. The molecule has 0 saturated heterocycles. The standard InChI is InChI=1S/C13H17ClN2O2S/c1-3-10(4-2)9-16-19(17,18)13-7-11(8-15)5-6-12(13)14/h5-7,10,16H,3-4,9H2,1-2H3. The van der Waals surface area contributed by atoms with Crippen molar-refractivity contribution >= 4 is 21.6 Å². The first-order valence-electron chi connectivity index (χ1n) is 6.13. The summed E-state index contributed by atoms with van der Waals surface area (Å²) >= 11 is 5.89. The molecule has 0 bridgehead atoms. The van der Waals surface area contributed by atoms with Crippen LogP contribution < -0.4 is 4.72 Å². The van der Waals surface area contributed by atoms with Gasteiger partial charge in [0.1, 0.15) is 4.90 Å². The SMILES string of the molecule is CCC(CC)CNS(=O)(=O)c1cc(C#N)ccc1Cl. The minimum absolute atomic E-state index is 0.0424. The normalized spacial score (nSPS) is 11.5. The number of nitrogens with one attached hydrogen (secondary N) is 1. The minimum atomic E-state index is -3.67. The van der Waals surface area contributed by atoms with Gasteiger partial charge in [-0.2, -0.15) is 5.26 Å². The highest BCUT2D eigenvalue weighted by Crippen LogP contribution is 2.22. The lowest BCUT2D eigenvalue weighted by molar-refractivity contribution is 0.479. The van der Waals surface area contributed by atoms with Gasteiger partial charge < -0.3 is 0 Å². The highest BCUT2D eigenvalue weighted by atomic mass is 35.5. The van der Waals surface area contributed by atoms with Crippen LogP contribution in [0.25, 0.3) is 0 Å². The molecular weight excluding hydrogens is 284 g/mol. The summed E-state index contributed by atoms with van der Waals surface area (Å²) in [7, 11) is -3.67. The minimum Gasteiger partial charge on any atom is -0.211 e. The van der Waals surface area contributed by atoms with Crippen molar-refractivity contribution in [1.29, 1.82) is 5.26 Å². The van der Waals surface area contributed by atoms with Crippen molar-refractivity contribution in [3.05, 3.63) is 28.8 Å². The van der Waals surface area contributed by atoms with Crippen molar-refractivity contribution in [3.8, 4) is 6.07 Å². The molecule has 1 N–H and O–H groups in total. The molecule has 4 nitrogen and oxygen atoms in total. The van der Waals surface area contributed by atoms with Crippen molar-refractivity contribution in [2.45, 2.75) is 31.6 Å². The van der Waals surface area contributed by atoms with E-state index in [0.29, 0.717) is 12.5 Å². The maximum Gasteiger partial charge on any atom is 0.242 e. The number of rotatable bonds is 6. The van der Waals surface area contributed by atoms with Crippen LogP contribution in [0.1, 0.15) is 32.3 Å². The molecule has 0 heterocycles. The van der Waals surface area contributed by atoms with Crippen LogP contribution in [0.4, 0.5) is 0 Å². The van der Waals surface area contributed by atoms with Gasteiger partial charge in [0, 0.05) is 6.54 Å². The summed E-state index contributed by atoms with van der Waals surface area (Å²) in [4.78, 5) is -0.0424. The quantitative estimate of drug-likeness (QED) is 0.878. The zero-order valence-corrected chi connectivity index (χ0v) is 12.6. The predicted molar refractivity (Wildman–Crippen MR) is 75.4 cm³/mol. The van der Waals surface area contributed by atoms with Crippen LogP contribution >= 0.6 is 11.6 Å². The van der Waals surface area contributed by atoms with Crippen LogP contribution in [0.3, 0.4) is 0 Å².